The fourth-order valence-electron chi connectivity index (χ4n) is 2.09. The number of rotatable bonds is 4. The highest BCUT2D eigenvalue weighted by molar-refractivity contribution is 6.21. The van der Waals surface area contributed by atoms with E-state index in [-0.39, 0.29) is 22.7 Å². The van der Waals surface area contributed by atoms with Gasteiger partial charge in [-0.05, 0) is 24.6 Å². The lowest BCUT2D eigenvalue weighted by atomic mass is 10.0. The molecule has 0 fully saturated rings. The van der Waals surface area contributed by atoms with Crippen LogP contribution in [-0.4, -0.2) is 33.3 Å². The van der Waals surface area contributed by atoms with E-state index in [9.17, 15) is 9.59 Å². The molecule has 0 unspecified atom stereocenters. The average molecular weight is 304 g/mol. The summed E-state index contributed by atoms with van der Waals surface area (Å²) in [6.07, 6.45) is 0. The predicted molar refractivity (Wildman–Crippen MR) is 77.7 cm³/mol. The van der Waals surface area contributed by atoms with E-state index >= 15 is 0 Å². The highest BCUT2D eigenvalue weighted by Gasteiger charge is 2.35. The van der Waals surface area contributed by atoms with Crippen LogP contribution >= 0.6 is 0 Å². The highest BCUT2D eigenvalue weighted by Crippen LogP contribution is 2.35. The monoisotopic (exact) mass is 304 g/mol. The van der Waals surface area contributed by atoms with Crippen molar-refractivity contribution in [2.45, 2.75) is 6.92 Å². The maximum Gasteiger partial charge on any atom is 0.348 e. The molecule has 116 valence electrons. The molecule has 0 radical (unpaired) electrons. The van der Waals surface area contributed by atoms with E-state index in [1.807, 2.05) is 0 Å². The van der Waals surface area contributed by atoms with Gasteiger partial charge >= 0.3 is 11.9 Å². The molecule has 0 saturated heterocycles. The summed E-state index contributed by atoms with van der Waals surface area (Å²) in [5.74, 6) is -0.229. The number of esters is 2. The largest absolute Gasteiger partial charge is 0.497 e. The third-order valence-electron chi connectivity index (χ3n) is 3.25. The first-order chi connectivity index (χ1) is 10.5. The molecule has 22 heavy (non-hydrogen) atoms. The Kier molecular flexibility index (Phi) is 4.50. The highest BCUT2D eigenvalue weighted by atomic mass is 16.6. The Bertz CT molecular complexity index is 666. The first kappa shape index (κ1) is 15.6. The van der Waals surface area contributed by atoms with Crippen LogP contribution in [0.15, 0.2) is 41.4 Å². The van der Waals surface area contributed by atoms with Gasteiger partial charge in [0, 0.05) is 0 Å². The van der Waals surface area contributed by atoms with Crippen molar-refractivity contribution in [3.05, 3.63) is 46.9 Å². The van der Waals surface area contributed by atoms with E-state index in [4.69, 9.17) is 14.2 Å². The second kappa shape index (κ2) is 6.34. The molecular weight excluding hydrogens is 288 g/mol. The van der Waals surface area contributed by atoms with E-state index in [0.717, 1.165) is 0 Å². The summed E-state index contributed by atoms with van der Waals surface area (Å²) in [5.41, 5.74) is 1.02. The van der Waals surface area contributed by atoms with Crippen LogP contribution in [0.5, 0.6) is 5.75 Å². The Morgan fingerprint density at radius 2 is 1.68 bits per heavy atom. The van der Waals surface area contributed by atoms with Gasteiger partial charge in [0.2, 0.25) is 0 Å². The summed E-state index contributed by atoms with van der Waals surface area (Å²) in [5, 5.41) is 0. The number of carbonyl (C=O) groups excluding carboxylic acids is 2. The molecule has 0 atom stereocenters. The minimum Gasteiger partial charge on any atom is -0.497 e. The van der Waals surface area contributed by atoms with E-state index < -0.39 is 11.9 Å². The first-order valence-corrected chi connectivity index (χ1v) is 6.47. The molecule has 2 rings (SSSR count). The maximum absolute atomic E-state index is 12.1. The summed E-state index contributed by atoms with van der Waals surface area (Å²) >= 11 is 0. The topological polar surface area (TPSA) is 71.1 Å². The fraction of sp³-hybridized carbons (Fsp3) is 0.250. The first-order valence-electron chi connectivity index (χ1n) is 6.47. The summed E-state index contributed by atoms with van der Waals surface area (Å²) in [6, 6.07) is 6.87. The molecule has 1 aromatic carbocycles. The normalized spacial score (nSPS) is 16.3. The van der Waals surface area contributed by atoms with Gasteiger partial charge in [0.05, 0.1) is 26.9 Å². The molecule has 1 heterocycles. The van der Waals surface area contributed by atoms with Crippen LogP contribution in [0.2, 0.25) is 0 Å². The Morgan fingerprint density at radius 3 is 2.18 bits per heavy atom. The number of methoxy groups -OCH3 is 3. The molecule has 0 bridgehead atoms. The van der Waals surface area contributed by atoms with Crippen molar-refractivity contribution >= 4 is 17.5 Å². The molecule has 6 heteroatoms. The Labute approximate surface area is 127 Å². The third-order valence-corrected chi connectivity index (χ3v) is 3.25. The summed E-state index contributed by atoms with van der Waals surface area (Å²) < 4.78 is 20.2. The lowest BCUT2D eigenvalue weighted by molar-refractivity contribution is -0.136. The minimum atomic E-state index is -0.590. The molecule has 0 N–H and O–H groups in total. The second-order valence-corrected chi connectivity index (χ2v) is 4.47. The molecule has 1 aliphatic heterocycles. The quantitative estimate of drug-likeness (QED) is 0.626. The third kappa shape index (κ3) is 2.67. The summed E-state index contributed by atoms with van der Waals surface area (Å²) in [6.45, 7) is 1.50. The smallest absolute Gasteiger partial charge is 0.348 e. The number of hydrogen-bond donors (Lipinski definition) is 0. The number of ether oxygens (including phenoxy) is 4. The van der Waals surface area contributed by atoms with E-state index in [1.54, 1.807) is 31.4 Å². The molecule has 1 aliphatic rings. The van der Waals surface area contributed by atoms with Gasteiger partial charge in [-0.25, -0.2) is 9.59 Å². The van der Waals surface area contributed by atoms with E-state index in [0.29, 0.717) is 11.3 Å². The lowest BCUT2D eigenvalue weighted by Gasteiger charge is -2.07. The molecule has 0 spiro atoms. The van der Waals surface area contributed by atoms with Crippen molar-refractivity contribution in [3.8, 4) is 5.75 Å². The summed E-state index contributed by atoms with van der Waals surface area (Å²) in [7, 11) is 4.22. The van der Waals surface area contributed by atoms with Gasteiger partial charge in [0.15, 0.2) is 11.5 Å². The molecule has 1 aromatic rings. The van der Waals surface area contributed by atoms with Gasteiger partial charge in [0.1, 0.15) is 11.3 Å². The van der Waals surface area contributed by atoms with Crippen LogP contribution < -0.4 is 4.74 Å². The SMILES string of the molecule is COC(=O)/C(C)=C1\OC(=O)C(c2ccc(OC)cc2)=C1OC. The van der Waals surface area contributed by atoms with E-state index in [2.05, 4.69) is 4.74 Å². The Morgan fingerprint density at radius 1 is 1.05 bits per heavy atom. The van der Waals surface area contributed by atoms with Crippen molar-refractivity contribution in [2.75, 3.05) is 21.3 Å². The maximum atomic E-state index is 12.1. The van der Waals surface area contributed by atoms with Gasteiger partial charge in [-0.3, -0.25) is 0 Å². The molecular formula is C16H16O6. The van der Waals surface area contributed by atoms with Crippen molar-refractivity contribution in [3.63, 3.8) is 0 Å². The fourth-order valence-corrected chi connectivity index (χ4v) is 2.09. The molecule has 0 aromatic heterocycles. The second-order valence-electron chi connectivity index (χ2n) is 4.47. The standard InChI is InChI=1S/C16H16O6/c1-9(15(17)21-4)13-14(20-3)12(16(18)22-13)10-5-7-11(19-2)8-6-10/h5-8H,1-4H3/b13-9-. The van der Waals surface area contributed by atoms with Gasteiger partial charge in [-0.2, -0.15) is 0 Å². The number of cyclic esters (lactones) is 1. The molecule has 0 aliphatic carbocycles. The van der Waals surface area contributed by atoms with Crippen LogP contribution in [0.1, 0.15) is 12.5 Å². The molecule has 0 amide bonds. The van der Waals surface area contributed by atoms with Gasteiger partial charge < -0.3 is 18.9 Å². The summed E-state index contributed by atoms with van der Waals surface area (Å²) in [4.78, 5) is 23.8. The molecule has 6 nitrogen and oxygen atoms in total. The van der Waals surface area contributed by atoms with Crippen LogP contribution in [-0.2, 0) is 23.8 Å². The van der Waals surface area contributed by atoms with Crippen molar-refractivity contribution in [2.24, 2.45) is 0 Å². The predicted octanol–water partition coefficient (Wildman–Crippen LogP) is 2.06. The van der Waals surface area contributed by atoms with Crippen LogP contribution in [0.3, 0.4) is 0 Å². The van der Waals surface area contributed by atoms with Crippen molar-refractivity contribution < 1.29 is 28.5 Å². The number of hydrogen-bond acceptors (Lipinski definition) is 6. The van der Waals surface area contributed by atoms with Gasteiger partial charge in [-0.15, -0.1) is 0 Å². The zero-order chi connectivity index (χ0) is 16.3. The number of benzene rings is 1. The lowest BCUT2D eigenvalue weighted by Crippen LogP contribution is -2.07. The van der Waals surface area contributed by atoms with Crippen molar-refractivity contribution in [1.82, 2.24) is 0 Å². The average Bonchev–Trinajstić information content (AvgIpc) is 2.89. The molecule has 0 saturated carbocycles. The number of carbonyl (C=O) groups is 2. The Hall–Kier alpha value is -2.76. The van der Waals surface area contributed by atoms with Crippen LogP contribution in [0, 0.1) is 0 Å². The zero-order valence-electron chi connectivity index (χ0n) is 12.8. The Balaban J connectivity index is 2.55. The van der Waals surface area contributed by atoms with Crippen LogP contribution in [0.4, 0.5) is 0 Å². The van der Waals surface area contributed by atoms with Gasteiger partial charge in [-0.1, -0.05) is 12.1 Å². The van der Waals surface area contributed by atoms with Crippen molar-refractivity contribution in [1.29, 1.82) is 0 Å². The van der Waals surface area contributed by atoms with E-state index in [1.165, 1.54) is 21.1 Å². The minimum absolute atomic E-state index is 0.0742. The van der Waals surface area contributed by atoms with Crippen LogP contribution in [0.25, 0.3) is 5.57 Å². The zero-order valence-corrected chi connectivity index (χ0v) is 12.8. The van der Waals surface area contributed by atoms with Gasteiger partial charge in [0.25, 0.3) is 0 Å².